The van der Waals surface area contributed by atoms with E-state index in [1.54, 1.807) is 41.3 Å². The fraction of sp³-hybridized carbons (Fsp3) is 0.185. The number of nitrogens with zero attached hydrogens (tertiary/aromatic N) is 1. The predicted molar refractivity (Wildman–Crippen MR) is 128 cm³/mol. The lowest BCUT2D eigenvalue weighted by molar-refractivity contribution is -0.127. The molecule has 1 aliphatic heterocycles. The van der Waals surface area contributed by atoms with Crippen LogP contribution in [0.5, 0.6) is 5.75 Å². The smallest absolute Gasteiger partial charge is 0.255 e. The third-order valence-corrected chi connectivity index (χ3v) is 5.49. The fourth-order valence-electron chi connectivity index (χ4n) is 3.68. The van der Waals surface area contributed by atoms with E-state index in [9.17, 15) is 9.59 Å². The summed E-state index contributed by atoms with van der Waals surface area (Å²) in [6.07, 6.45) is 1.68. The minimum Gasteiger partial charge on any atom is -0.490 e. The van der Waals surface area contributed by atoms with Crippen molar-refractivity contribution >= 4 is 23.2 Å². The Hall–Kier alpha value is -3.86. The van der Waals surface area contributed by atoms with E-state index < -0.39 is 5.41 Å². The summed E-state index contributed by atoms with van der Waals surface area (Å²) < 4.78 is 5.90. The maximum Gasteiger partial charge on any atom is 0.255 e. The second-order valence-corrected chi connectivity index (χ2v) is 8.46. The summed E-state index contributed by atoms with van der Waals surface area (Å²) in [7, 11) is 0. The number of benzene rings is 3. The first-order valence-corrected chi connectivity index (χ1v) is 10.6. The standard InChI is InChI=1S/C27H26N2O3/c1-4-16-29-23-17-22(14-15-24(23)32-18-27(2,3)26(29)31)28-25(30)21-12-10-20(11-13-21)19-8-6-5-7-9-19/h4-15,17H,1,16,18H2,2-3H3,(H,28,30). The number of amides is 2. The van der Waals surface area contributed by atoms with Gasteiger partial charge in [0, 0.05) is 17.8 Å². The number of ether oxygens (including phenoxy) is 1. The number of carbonyl (C=O) groups is 2. The normalized spacial score (nSPS) is 14.7. The first-order chi connectivity index (χ1) is 15.4. The third-order valence-electron chi connectivity index (χ3n) is 5.49. The molecule has 0 spiro atoms. The number of hydrogen-bond donors (Lipinski definition) is 1. The minimum atomic E-state index is -0.661. The van der Waals surface area contributed by atoms with Crippen LogP contribution in [0.4, 0.5) is 11.4 Å². The molecule has 3 aromatic rings. The van der Waals surface area contributed by atoms with Crippen LogP contribution in [-0.4, -0.2) is 25.0 Å². The largest absolute Gasteiger partial charge is 0.490 e. The highest BCUT2D eigenvalue weighted by Gasteiger charge is 2.37. The quantitative estimate of drug-likeness (QED) is 0.545. The van der Waals surface area contributed by atoms with Gasteiger partial charge in [0.2, 0.25) is 5.91 Å². The molecule has 162 valence electrons. The summed E-state index contributed by atoms with van der Waals surface area (Å²) in [6.45, 7) is 8.14. The molecule has 0 bridgehead atoms. The van der Waals surface area contributed by atoms with Crippen molar-refractivity contribution < 1.29 is 14.3 Å². The van der Waals surface area contributed by atoms with Crippen molar-refractivity contribution in [3.8, 4) is 16.9 Å². The molecule has 1 aliphatic rings. The van der Waals surface area contributed by atoms with Crippen LogP contribution in [-0.2, 0) is 4.79 Å². The number of anilines is 2. The monoisotopic (exact) mass is 426 g/mol. The molecule has 0 saturated heterocycles. The summed E-state index contributed by atoms with van der Waals surface area (Å²) in [5, 5.41) is 2.93. The average molecular weight is 427 g/mol. The Morgan fingerprint density at radius 1 is 1.06 bits per heavy atom. The number of carbonyl (C=O) groups excluding carboxylic acids is 2. The summed E-state index contributed by atoms with van der Waals surface area (Å²) >= 11 is 0. The van der Waals surface area contributed by atoms with Crippen molar-refractivity contribution in [3.05, 3.63) is 91.0 Å². The molecule has 0 radical (unpaired) electrons. The molecule has 1 N–H and O–H groups in total. The molecule has 0 atom stereocenters. The topological polar surface area (TPSA) is 58.6 Å². The average Bonchev–Trinajstić information content (AvgIpc) is 2.90. The van der Waals surface area contributed by atoms with E-state index in [1.807, 2.05) is 56.3 Å². The van der Waals surface area contributed by atoms with Crippen LogP contribution >= 0.6 is 0 Å². The van der Waals surface area contributed by atoms with Gasteiger partial charge in [-0.25, -0.2) is 0 Å². The van der Waals surface area contributed by atoms with Gasteiger partial charge in [0.25, 0.3) is 5.91 Å². The molecule has 4 rings (SSSR count). The second kappa shape index (κ2) is 8.71. The van der Waals surface area contributed by atoms with Crippen LogP contribution in [0.3, 0.4) is 0 Å². The molecule has 0 saturated carbocycles. The number of hydrogen-bond acceptors (Lipinski definition) is 3. The van der Waals surface area contributed by atoms with Crippen molar-refractivity contribution in [3.63, 3.8) is 0 Å². The Bertz CT molecular complexity index is 1150. The molecule has 2 amide bonds. The Labute approximate surface area is 188 Å². The molecule has 5 nitrogen and oxygen atoms in total. The number of rotatable bonds is 5. The van der Waals surface area contributed by atoms with E-state index in [2.05, 4.69) is 11.9 Å². The van der Waals surface area contributed by atoms with E-state index in [0.717, 1.165) is 11.1 Å². The molecule has 3 aromatic carbocycles. The fourth-order valence-corrected chi connectivity index (χ4v) is 3.68. The maximum absolute atomic E-state index is 13.0. The second-order valence-electron chi connectivity index (χ2n) is 8.46. The molecule has 0 aromatic heterocycles. The van der Waals surface area contributed by atoms with Gasteiger partial charge in [-0.1, -0.05) is 48.5 Å². The van der Waals surface area contributed by atoms with E-state index >= 15 is 0 Å². The lowest BCUT2D eigenvalue weighted by Gasteiger charge is -2.27. The van der Waals surface area contributed by atoms with Crippen LogP contribution in [0.1, 0.15) is 24.2 Å². The Morgan fingerprint density at radius 3 is 2.44 bits per heavy atom. The zero-order chi connectivity index (χ0) is 22.7. The van der Waals surface area contributed by atoms with Crippen LogP contribution in [0.2, 0.25) is 0 Å². The van der Waals surface area contributed by atoms with E-state index in [-0.39, 0.29) is 18.4 Å². The molecule has 0 unspecified atom stereocenters. The summed E-state index contributed by atoms with van der Waals surface area (Å²) in [6, 6.07) is 22.8. The summed E-state index contributed by atoms with van der Waals surface area (Å²) in [5.41, 5.74) is 3.25. The van der Waals surface area contributed by atoms with Crippen molar-refractivity contribution in [1.82, 2.24) is 0 Å². The third kappa shape index (κ3) is 4.28. The number of nitrogens with one attached hydrogen (secondary N) is 1. The van der Waals surface area contributed by atoms with Gasteiger partial charge in [-0.15, -0.1) is 6.58 Å². The zero-order valence-electron chi connectivity index (χ0n) is 18.3. The first-order valence-electron chi connectivity index (χ1n) is 10.6. The molecule has 1 heterocycles. The lowest BCUT2D eigenvalue weighted by atomic mass is 9.93. The minimum absolute atomic E-state index is 0.0453. The van der Waals surface area contributed by atoms with E-state index in [4.69, 9.17) is 4.74 Å². The first kappa shape index (κ1) is 21.4. The van der Waals surface area contributed by atoms with Crippen LogP contribution in [0.15, 0.2) is 85.5 Å². The maximum atomic E-state index is 13.0. The lowest BCUT2D eigenvalue weighted by Crippen LogP contribution is -2.42. The van der Waals surface area contributed by atoms with Gasteiger partial charge >= 0.3 is 0 Å². The Balaban J connectivity index is 1.57. The molecule has 5 heteroatoms. The van der Waals surface area contributed by atoms with Gasteiger partial charge in [-0.2, -0.15) is 0 Å². The molecular formula is C27H26N2O3. The van der Waals surface area contributed by atoms with Gasteiger partial charge in [0.15, 0.2) is 0 Å². The molecular weight excluding hydrogens is 400 g/mol. The van der Waals surface area contributed by atoms with Gasteiger partial charge in [-0.3, -0.25) is 9.59 Å². The van der Waals surface area contributed by atoms with Crippen LogP contribution in [0.25, 0.3) is 11.1 Å². The zero-order valence-corrected chi connectivity index (χ0v) is 18.3. The summed E-state index contributed by atoms with van der Waals surface area (Å²) in [4.78, 5) is 27.5. The molecule has 0 fully saturated rings. The predicted octanol–water partition coefficient (Wildman–Crippen LogP) is 5.54. The van der Waals surface area contributed by atoms with Gasteiger partial charge in [0.1, 0.15) is 12.4 Å². The van der Waals surface area contributed by atoms with Crippen molar-refractivity contribution in [2.45, 2.75) is 13.8 Å². The highest BCUT2D eigenvalue weighted by atomic mass is 16.5. The highest BCUT2D eigenvalue weighted by Crippen LogP contribution is 2.38. The van der Waals surface area contributed by atoms with Crippen molar-refractivity contribution in [2.24, 2.45) is 5.41 Å². The van der Waals surface area contributed by atoms with Gasteiger partial charge in [-0.05, 0) is 55.3 Å². The molecule has 0 aliphatic carbocycles. The highest BCUT2D eigenvalue weighted by molar-refractivity contribution is 6.05. The van der Waals surface area contributed by atoms with Gasteiger partial charge < -0.3 is 15.0 Å². The van der Waals surface area contributed by atoms with E-state index in [1.165, 1.54) is 0 Å². The van der Waals surface area contributed by atoms with Crippen molar-refractivity contribution in [1.29, 1.82) is 0 Å². The SMILES string of the molecule is C=CCN1C(=O)C(C)(C)COc2ccc(NC(=O)c3ccc(-c4ccccc4)cc3)cc21. The number of fused-ring (bicyclic) bond motifs is 1. The summed E-state index contributed by atoms with van der Waals surface area (Å²) in [5.74, 6) is 0.341. The van der Waals surface area contributed by atoms with Crippen LogP contribution in [0, 0.1) is 5.41 Å². The van der Waals surface area contributed by atoms with Crippen molar-refractivity contribution in [2.75, 3.05) is 23.4 Å². The molecule has 32 heavy (non-hydrogen) atoms. The van der Waals surface area contributed by atoms with Gasteiger partial charge in [0.05, 0.1) is 11.1 Å². The Morgan fingerprint density at radius 2 is 1.75 bits per heavy atom. The van der Waals surface area contributed by atoms with Crippen LogP contribution < -0.4 is 15.0 Å². The Kier molecular flexibility index (Phi) is 5.82. The van der Waals surface area contributed by atoms with E-state index in [0.29, 0.717) is 29.2 Å².